The van der Waals surface area contributed by atoms with Gasteiger partial charge in [0.05, 0.1) is 17.6 Å². The van der Waals surface area contributed by atoms with Crippen molar-refractivity contribution < 1.29 is 27.6 Å². The Labute approximate surface area is 138 Å². The molecule has 2 aromatic rings. The number of hydrogen-bond acceptors (Lipinski definition) is 5. The number of alkyl halides is 3. The molecule has 0 aliphatic rings. The fourth-order valence-corrected chi connectivity index (χ4v) is 2.94. The summed E-state index contributed by atoms with van der Waals surface area (Å²) < 4.78 is 43.5. The second kappa shape index (κ2) is 6.91. The van der Waals surface area contributed by atoms with Crippen LogP contribution in [0.2, 0.25) is 0 Å². The number of methoxy groups -OCH3 is 1. The highest BCUT2D eigenvalue weighted by Crippen LogP contribution is 2.40. The normalized spacial score (nSPS) is 11.2. The van der Waals surface area contributed by atoms with Crippen molar-refractivity contribution in [1.82, 2.24) is 0 Å². The minimum absolute atomic E-state index is 0.0744. The molecule has 0 atom stereocenters. The number of esters is 1. The number of nitro groups is 1. The number of ether oxygens (including phenoxy) is 1. The van der Waals surface area contributed by atoms with Gasteiger partial charge in [-0.25, -0.2) is 4.79 Å². The Balaban J connectivity index is 2.45. The zero-order valence-corrected chi connectivity index (χ0v) is 13.0. The molecule has 0 spiro atoms. The van der Waals surface area contributed by atoms with E-state index in [2.05, 4.69) is 4.74 Å². The topological polar surface area (TPSA) is 69.4 Å². The Morgan fingerprint density at radius 1 is 1.21 bits per heavy atom. The molecule has 0 N–H and O–H groups in total. The van der Waals surface area contributed by atoms with Gasteiger partial charge in [0.2, 0.25) is 0 Å². The van der Waals surface area contributed by atoms with Gasteiger partial charge in [-0.1, -0.05) is 23.9 Å². The summed E-state index contributed by atoms with van der Waals surface area (Å²) in [6.07, 6.45) is -4.53. The molecule has 0 heterocycles. The van der Waals surface area contributed by atoms with E-state index >= 15 is 0 Å². The molecular formula is C15H10F3NO4S. The summed E-state index contributed by atoms with van der Waals surface area (Å²) in [5.41, 5.74) is -1.62. The Morgan fingerprint density at radius 3 is 2.46 bits per heavy atom. The number of halogens is 3. The molecule has 9 heteroatoms. The summed E-state index contributed by atoms with van der Waals surface area (Å²) in [4.78, 5) is 22.0. The van der Waals surface area contributed by atoms with Crippen LogP contribution in [-0.4, -0.2) is 18.0 Å². The second-order valence-corrected chi connectivity index (χ2v) is 5.64. The Bertz CT molecular complexity index is 793. The zero-order chi connectivity index (χ0) is 17.9. The SMILES string of the molecule is COC(=O)c1cc(Sc2ccccc2C(F)(F)F)ccc1[N+](=O)[O-]. The molecule has 2 aromatic carbocycles. The molecule has 2 rings (SSSR count). The van der Waals surface area contributed by atoms with Crippen LogP contribution >= 0.6 is 11.8 Å². The van der Waals surface area contributed by atoms with Gasteiger partial charge in [-0.2, -0.15) is 13.2 Å². The average Bonchev–Trinajstić information content (AvgIpc) is 2.53. The Kier molecular flexibility index (Phi) is 5.13. The third kappa shape index (κ3) is 3.85. The summed E-state index contributed by atoms with van der Waals surface area (Å²) >= 11 is 0.753. The largest absolute Gasteiger partial charge is 0.465 e. The van der Waals surface area contributed by atoms with Crippen LogP contribution in [0, 0.1) is 10.1 Å². The molecule has 0 unspecified atom stereocenters. The van der Waals surface area contributed by atoms with Gasteiger partial charge in [-0.3, -0.25) is 10.1 Å². The van der Waals surface area contributed by atoms with Gasteiger partial charge < -0.3 is 4.74 Å². The smallest absolute Gasteiger partial charge is 0.417 e. The van der Waals surface area contributed by atoms with E-state index in [0.29, 0.717) is 0 Å². The van der Waals surface area contributed by atoms with Crippen molar-refractivity contribution in [3.63, 3.8) is 0 Å². The lowest BCUT2D eigenvalue weighted by molar-refractivity contribution is -0.385. The molecule has 5 nitrogen and oxygen atoms in total. The monoisotopic (exact) mass is 357 g/mol. The predicted octanol–water partition coefficient (Wildman–Crippen LogP) is 4.55. The van der Waals surface area contributed by atoms with E-state index in [-0.39, 0.29) is 15.4 Å². The molecule has 0 saturated heterocycles. The first kappa shape index (κ1) is 17.8. The third-order valence-corrected chi connectivity index (χ3v) is 4.06. The number of carbonyl (C=O) groups excluding carboxylic acids is 1. The van der Waals surface area contributed by atoms with E-state index in [9.17, 15) is 28.1 Å². The molecule has 0 radical (unpaired) electrons. The molecule has 126 valence electrons. The highest BCUT2D eigenvalue weighted by Gasteiger charge is 2.33. The maximum absolute atomic E-state index is 13.0. The first-order valence-electron chi connectivity index (χ1n) is 6.45. The van der Waals surface area contributed by atoms with Gasteiger partial charge in [0.15, 0.2) is 0 Å². The lowest BCUT2D eigenvalue weighted by Crippen LogP contribution is -2.07. The van der Waals surface area contributed by atoms with Gasteiger partial charge in [0.25, 0.3) is 5.69 Å². The zero-order valence-electron chi connectivity index (χ0n) is 12.2. The molecule has 0 aliphatic heterocycles. The number of rotatable bonds is 4. The summed E-state index contributed by atoms with van der Waals surface area (Å²) in [6, 6.07) is 8.42. The van der Waals surface area contributed by atoms with Gasteiger partial charge in [0, 0.05) is 15.9 Å². The van der Waals surface area contributed by atoms with Gasteiger partial charge in [-0.05, 0) is 24.3 Å². The molecule has 0 fully saturated rings. The van der Waals surface area contributed by atoms with Gasteiger partial charge in [-0.15, -0.1) is 0 Å². The standard InChI is InChI=1S/C15H10F3NO4S/c1-23-14(20)10-8-9(6-7-12(10)19(21)22)24-13-5-3-2-4-11(13)15(16,17)18/h2-8H,1H3. The fraction of sp³-hybridized carbons (Fsp3) is 0.133. The van der Waals surface area contributed by atoms with Gasteiger partial charge in [0.1, 0.15) is 5.56 Å². The number of nitro benzene ring substituents is 1. The lowest BCUT2D eigenvalue weighted by atomic mass is 10.2. The summed E-state index contributed by atoms with van der Waals surface area (Å²) in [5.74, 6) is -0.937. The van der Waals surface area contributed by atoms with E-state index in [1.54, 1.807) is 0 Å². The molecule has 24 heavy (non-hydrogen) atoms. The van der Waals surface area contributed by atoms with Gasteiger partial charge >= 0.3 is 12.1 Å². The fourth-order valence-electron chi connectivity index (χ4n) is 1.93. The van der Waals surface area contributed by atoms with Crippen molar-refractivity contribution in [2.45, 2.75) is 16.0 Å². The molecule has 0 aromatic heterocycles. The molecule has 0 saturated carbocycles. The van der Waals surface area contributed by atoms with Crippen molar-refractivity contribution >= 4 is 23.4 Å². The van der Waals surface area contributed by atoms with Crippen LogP contribution in [0.4, 0.5) is 18.9 Å². The van der Waals surface area contributed by atoms with Crippen LogP contribution in [0.15, 0.2) is 52.3 Å². The predicted molar refractivity (Wildman–Crippen MR) is 80.0 cm³/mol. The summed E-state index contributed by atoms with van der Waals surface area (Å²) in [7, 11) is 1.06. The molecule has 0 aliphatic carbocycles. The van der Waals surface area contributed by atoms with Crippen molar-refractivity contribution in [2.24, 2.45) is 0 Å². The maximum Gasteiger partial charge on any atom is 0.417 e. The maximum atomic E-state index is 13.0. The average molecular weight is 357 g/mol. The van der Waals surface area contributed by atoms with E-state index in [1.807, 2.05) is 0 Å². The highest BCUT2D eigenvalue weighted by atomic mass is 32.2. The Hall–Kier alpha value is -2.55. The lowest BCUT2D eigenvalue weighted by Gasteiger charge is -2.12. The van der Waals surface area contributed by atoms with Crippen LogP contribution in [0.1, 0.15) is 15.9 Å². The number of nitrogens with zero attached hydrogens (tertiary/aromatic N) is 1. The number of benzene rings is 2. The molecule has 0 bridgehead atoms. The third-order valence-electron chi connectivity index (χ3n) is 2.99. The van der Waals surface area contributed by atoms with Crippen LogP contribution in [0.5, 0.6) is 0 Å². The van der Waals surface area contributed by atoms with Crippen molar-refractivity contribution in [3.05, 3.63) is 63.7 Å². The summed E-state index contributed by atoms with van der Waals surface area (Å²) in [6.45, 7) is 0. The summed E-state index contributed by atoms with van der Waals surface area (Å²) in [5, 5.41) is 10.9. The molecule has 0 amide bonds. The minimum atomic E-state index is -4.53. The van der Waals surface area contributed by atoms with E-state index in [0.717, 1.165) is 37.1 Å². The quantitative estimate of drug-likeness (QED) is 0.456. The first-order chi connectivity index (χ1) is 11.2. The minimum Gasteiger partial charge on any atom is -0.465 e. The van der Waals surface area contributed by atoms with Crippen LogP contribution in [0.25, 0.3) is 0 Å². The van der Waals surface area contributed by atoms with Crippen LogP contribution in [0.3, 0.4) is 0 Å². The highest BCUT2D eigenvalue weighted by molar-refractivity contribution is 7.99. The van der Waals surface area contributed by atoms with E-state index in [1.165, 1.54) is 24.3 Å². The molecular weight excluding hydrogens is 347 g/mol. The van der Waals surface area contributed by atoms with Crippen LogP contribution < -0.4 is 0 Å². The van der Waals surface area contributed by atoms with E-state index in [4.69, 9.17) is 0 Å². The Morgan fingerprint density at radius 2 is 1.88 bits per heavy atom. The number of hydrogen-bond donors (Lipinski definition) is 0. The van der Waals surface area contributed by atoms with Crippen molar-refractivity contribution in [2.75, 3.05) is 7.11 Å². The van der Waals surface area contributed by atoms with Crippen LogP contribution in [-0.2, 0) is 10.9 Å². The van der Waals surface area contributed by atoms with Crippen molar-refractivity contribution in [1.29, 1.82) is 0 Å². The van der Waals surface area contributed by atoms with Crippen molar-refractivity contribution in [3.8, 4) is 0 Å². The first-order valence-corrected chi connectivity index (χ1v) is 7.26. The van der Waals surface area contributed by atoms with E-state index < -0.39 is 28.3 Å². The second-order valence-electron chi connectivity index (χ2n) is 4.52. The number of carbonyl (C=O) groups is 1.